The number of hydrogen-bond acceptors (Lipinski definition) is 2. The van der Waals surface area contributed by atoms with E-state index in [-0.39, 0.29) is 17.7 Å². The summed E-state index contributed by atoms with van der Waals surface area (Å²) in [6, 6.07) is -0.759. The van der Waals surface area contributed by atoms with Crippen molar-refractivity contribution in [3.05, 3.63) is 0 Å². The van der Waals surface area contributed by atoms with Crippen molar-refractivity contribution >= 4 is 11.9 Å². The Bertz CT molecular complexity index is 211. The van der Waals surface area contributed by atoms with Crippen molar-refractivity contribution in [2.24, 2.45) is 11.8 Å². The number of nitrogens with one attached hydrogen (secondary N) is 1. The zero-order valence-corrected chi connectivity index (χ0v) is 9.20. The molecule has 0 heterocycles. The summed E-state index contributed by atoms with van der Waals surface area (Å²) in [7, 11) is 0. The van der Waals surface area contributed by atoms with Gasteiger partial charge in [0.05, 0.1) is 0 Å². The van der Waals surface area contributed by atoms with Crippen LogP contribution in [0.2, 0.25) is 0 Å². The molecule has 0 saturated carbocycles. The maximum atomic E-state index is 11.3. The first-order valence-electron chi connectivity index (χ1n) is 4.87. The third-order valence-corrected chi connectivity index (χ3v) is 1.85. The SMILES string of the molecule is CC(C)CC(NC(=O)C(C)C)C(=O)O. The molecule has 4 heteroatoms. The maximum Gasteiger partial charge on any atom is 0.326 e. The summed E-state index contributed by atoms with van der Waals surface area (Å²) in [4.78, 5) is 22.0. The van der Waals surface area contributed by atoms with Crippen LogP contribution in [-0.2, 0) is 9.59 Å². The highest BCUT2D eigenvalue weighted by atomic mass is 16.4. The van der Waals surface area contributed by atoms with Gasteiger partial charge in [-0.15, -0.1) is 0 Å². The zero-order chi connectivity index (χ0) is 11.3. The van der Waals surface area contributed by atoms with Gasteiger partial charge in [0.2, 0.25) is 5.91 Å². The molecule has 2 N–H and O–H groups in total. The standard InChI is InChI=1S/C10H19NO3/c1-6(2)5-8(10(13)14)11-9(12)7(3)4/h6-8H,5H2,1-4H3,(H,11,12)(H,13,14). The predicted octanol–water partition coefficient (Wildman–Crippen LogP) is 1.26. The molecular formula is C10H19NO3. The maximum absolute atomic E-state index is 11.3. The largest absolute Gasteiger partial charge is 0.480 e. The Hall–Kier alpha value is -1.06. The van der Waals surface area contributed by atoms with Crippen LogP contribution < -0.4 is 5.32 Å². The lowest BCUT2D eigenvalue weighted by Gasteiger charge is -2.17. The van der Waals surface area contributed by atoms with Crippen LogP contribution in [0.4, 0.5) is 0 Å². The summed E-state index contributed by atoms with van der Waals surface area (Å²) in [6.07, 6.45) is 0.466. The summed E-state index contributed by atoms with van der Waals surface area (Å²) in [6.45, 7) is 7.34. The van der Waals surface area contributed by atoms with Gasteiger partial charge >= 0.3 is 5.97 Å². The summed E-state index contributed by atoms with van der Waals surface area (Å²) in [5.41, 5.74) is 0. The van der Waals surface area contributed by atoms with Gasteiger partial charge in [0, 0.05) is 5.92 Å². The van der Waals surface area contributed by atoms with Gasteiger partial charge in [0.25, 0.3) is 0 Å². The molecule has 0 bridgehead atoms. The molecule has 1 unspecified atom stereocenters. The third kappa shape index (κ3) is 4.84. The third-order valence-electron chi connectivity index (χ3n) is 1.85. The predicted molar refractivity (Wildman–Crippen MR) is 53.9 cm³/mol. The van der Waals surface area contributed by atoms with E-state index in [4.69, 9.17) is 5.11 Å². The molecule has 0 aliphatic rings. The number of carboxylic acids is 1. The molecule has 0 fully saturated rings. The van der Waals surface area contributed by atoms with Gasteiger partial charge in [0.15, 0.2) is 0 Å². The molecule has 0 aromatic heterocycles. The van der Waals surface area contributed by atoms with E-state index in [0.717, 1.165) is 0 Å². The van der Waals surface area contributed by atoms with Crippen molar-refractivity contribution in [2.45, 2.75) is 40.2 Å². The normalized spacial score (nSPS) is 13.0. The molecule has 82 valence electrons. The van der Waals surface area contributed by atoms with Gasteiger partial charge in [-0.3, -0.25) is 4.79 Å². The molecule has 4 nitrogen and oxygen atoms in total. The fourth-order valence-electron chi connectivity index (χ4n) is 1.03. The molecule has 0 radical (unpaired) electrons. The Kier molecular flexibility index (Phi) is 5.20. The molecule has 0 aromatic rings. The number of carboxylic acid groups (broad SMARTS) is 1. The summed E-state index contributed by atoms with van der Waals surface area (Å²) >= 11 is 0. The number of carbonyl (C=O) groups is 2. The lowest BCUT2D eigenvalue weighted by atomic mass is 10.0. The minimum atomic E-state index is -0.965. The summed E-state index contributed by atoms with van der Waals surface area (Å²) < 4.78 is 0. The highest BCUT2D eigenvalue weighted by Crippen LogP contribution is 2.05. The van der Waals surface area contributed by atoms with Crippen LogP contribution in [0, 0.1) is 11.8 Å². The lowest BCUT2D eigenvalue weighted by molar-refractivity contribution is -0.142. The Morgan fingerprint density at radius 1 is 1.21 bits per heavy atom. The molecule has 0 rings (SSSR count). The van der Waals surface area contributed by atoms with Crippen LogP contribution in [0.5, 0.6) is 0 Å². The summed E-state index contributed by atoms with van der Waals surface area (Å²) in [5.74, 6) is -1.10. The van der Waals surface area contributed by atoms with Crippen molar-refractivity contribution in [3.8, 4) is 0 Å². The first kappa shape index (κ1) is 12.9. The molecule has 0 aliphatic heterocycles. The Balaban J connectivity index is 4.23. The van der Waals surface area contributed by atoms with Crippen LogP contribution in [0.3, 0.4) is 0 Å². The molecule has 0 saturated heterocycles. The average molecular weight is 201 g/mol. The highest BCUT2D eigenvalue weighted by Gasteiger charge is 2.21. The minimum absolute atomic E-state index is 0.177. The van der Waals surface area contributed by atoms with Crippen molar-refractivity contribution < 1.29 is 14.7 Å². The second-order valence-electron chi connectivity index (χ2n) is 4.18. The average Bonchev–Trinajstić information content (AvgIpc) is 2.01. The first-order valence-corrected chi connectivity index (χ1v) is 4.87. The van der Waals surface area contributed by atoms with Crippen LogP contribution in [-0.4, -0.2) is 23.0 Å². The number of amides is 1. The van der Waals surface area contributed by atoms with Gasteiger partial charge in [-0.05, 0) is 12.3 Å². The number of carbonyl (C=O) groups excluding carboxylic acids is 1. The van der Waals surface area contributed by atoms with Crippen molar-refractivity contribution in [2.75, 3.05) is 0 Å². The van der Waals surface area contributed by atoms with E-state index in [0.29, 0.717) is 6.42 Å². The smallest absolute Gasteiger partial charge is 0.326 e. The van der Waals surface area contributed by atoms with Crippen LogP contribution in [0.1, 0.15) is 34.1 Å². The molecule has 1 atom stereocenters. The van der Waals surface area contributed by atoms with Crippen molar-refractivity contribution in [1.82, 2.24) is 5.32 Å². The number of aliphatic carboxylic acids is 1. The van der Waals surface area contributed by atoms with Crippen LogP contribution in [0.15, 0.2) is 0 Å². The first-order chi connectivity index (χ1) is 6.34. The topological polar surface area (TPSA) is 66.4 Å². The van der Waals surface area contributed by atoms with Crippen molar-refractivity contribution in [1.29, 1.82) is 0 Å². The molecule has 0 spiro atoms. The van der Waals surface area contributed by atoms with Crippen molar-refractivity contribution in [3.63, 3.8) is 0 Å². The fraction of sp³-hybridized carbons (Fsp3) is 0.800. The highest BCUT2D eigenvalue weighted by molar-refractivity contribution is 5.84. The Morgan fingerprint density at radius 3 is 2.00 bits per heavy atom. The van der Waals surface area contributed by atoms with Gasteiger partial charge in [-0.2, -0.15) is 0 Å². The molecule has 1 amide bonds. The van der Waals surface area contributed by atoms with Gasteiger partial charge < -0.3 is 10.4 Å². The van der Waals surface area contributed by atoms with Crippen LogP contribution in [0.25, 0.3) is 0 Å². The van der Waals surface area contributed by atoms with E-state index >= 15 is 0 Å². The summed E-state index contributed by atoms with van der Waals surface area (Å²) in [5, 5.41) is 11.3. The minimum Gasteiger partial charge on any atom is -0.480 e. The van der Waals surface area contributed by atoms with E-state index < -0.39 is 12.0 Å². The van der Waals surface area contributed by atoms with Crippen LogP contribution >= 0.6 is 0 Å². The zero-order valence-electron chi connectivity index (χ0n) is 9.20. The second-order valence-corrected chi connectivity index (χ2v) is 4.18. The second kappa shape index (κ2) is 5.62. The number of rotatable bonds is 5. The molecule has 0 aromatic carbocycles. The number of hydrogen-bond donors (Lipinski definition) is 2. The van der Waals surface area contributed by atoms with Gasteiger partial charge in [0.1, 0.15) is 6.04 Å². The van der Waals surface area contributed by atoms with Gasteiger partial charge in [-0.1, -0.05) is 27.7 Å². The monoisotopic (exact) mass is 201 g/mol. The molecular weight excluding hydrogens is 182 g/mol. The van der Waals surface area contributed by atoms with E-state index in [1.54, 1.807) is 13.8 Å². The van der Waals surface area contributed by atoms with Gasteiger partial charge in [-0.25, -0.2) is 4.79 Å². The Morgan fingerprint density at radius 2 is 1.71 bits per heavy atom. The quantitative estimate of drug-likeness (QED) is 0.703. The molecule has 14 heavy (non-hydrogen) atoms. The van der Waals surface area contributed by atoms with E-state index in [9.17, 15) is 9.59 Å². The molecule has 0 aliphatic carbocycles. The van der Waals surface area contributed by atoms with E-state index in [2.05, 4.69) is 5.32 Å². The van der Waals surface area contributed by atoms with E-state index in [1.165, 1.54) is 0 Å². The van der Waals surface area contributed by atoms with E-state index in [1.807, 2.05) is 13.8 Å². The Labute approximate surface area is 84.7 Å². The lowest BCUT2D eigenvalue weighted by Crippen LogP contribution is -2.43. The fourth-order valence-corrected chi connectivity index (χ4v) is 1.03.